The SMILES string of the molecule is CC(N)c1ccccc1OCC(O)C(F)(F)F. The average Bonchev–Trinajstić information content (AvgIpc) is 2.24. The fourth-order valence-electron chi connectivity index (χ4n) is 1.25. The molecule has 0 radical (unpaired) electrons. The van der Waals surface area contributed by atoms with Crippen molar-refractivity contribution in [1.29, 1.82) is 0 Å². The van der Waals surface area contributed by atoms with E-state index in [1.165, 1.54) is 6.07 Å². The highest BCUT2D eigenvalue weighted by Gasteiger charge is 2.38. The van der Waals surface area contributed by atoms with Gasteiger partial charge in [0.05, 0.1) is 0 Å². The summed E-state index contributed by atoms with van der Waals surface area (Å²) >= 11 is 0. The van der Waals surface area contributed by atoms with Crippen LogP contribution < -0.4 is 10.5 Å². The van der Waals surface area contributed by atoms with Crippen LogP contribution in [0.15, 0.2) is 24.3 Å². The van der Waals surface area contributed by atoms with E-state index < -0.39 is 18.9 Å². The fraction of sp³-hybridized carbons (Fsp3) is 0.455. The first-order valence-corrected chi connectivity index (χ1v) is 5.04. The minimum absolute atomic E-state index is 0.255. The third-order valence-corrected chi connectivity index (χ3v) is 2.18. The standard InChI is InChI=1S/C11H14F3NO2/c1-7(15)8-4-2-3-5-9(8)17-6-10(16)11(12,13)14/h2-5,7,10,16H,6,15H2,1H3. The van der Waals surface area contributed by atoms with Crippen molar-refractivity contribution in [1.82, 2.24) is 0 Å². The molecule has 0 aromatic heterocycles. The van der Waals surface area contributed by atoms with Gasteiger partial charge in [0.1, 0.15) is 12.4 Å². The van der Waals surface area contributed by atoms with Crippen molar-refractivity contribution in [3.8, 4) is 5.75 Å². The third-order valence-electron chi connectivity index (χ3n) is 2.18. The Morgan fingerprint density at radius 3 is 2.47 bits per heavy atom. The van der Waals surface area contributed by atoms with E-state index in [0.29, 0.717) is 5.56 Å². The van der Waals surface area contributed by atoms with Gasteiger partial charge in [0.25, 0.3) is 0 Å². The normalized spacial score (nSPS) is 15.4. The van der Waals surface area contributed by atoms with Gasteiger partial charge in [-0.05, 0) is 13.0 Å². The number of benzene rings is 1. The summed E-state index contributed by atoms with van der Waals surface area (Å²) < 4.78 is 41.1. The van der Waals surface area contributed by atoms with Crippen molar-refractivity contribution >= 4 is 0 Å². The zero-order chi connectivity index (χ0) is 13.1. The van der Waals surface area contributed by atoms with Crippen LogP contribution in [0.3, 0.4) is 0 Å². The number of aliphatic hydroxyl groups is 1. The molecule has 6 heteroatoms. The molecule has 1 aromatic carbocycles. The monoisotopic (exact) mass is 249 g/mol. The molecule has 0 fully saturated rings. The topological polar surface area (TPSA) is 55.5 Å². The molecule has 0 spiro atoms. The maximum absolute atomic E-state index is 12.1. The van der Waals surface area contributed by atoms with E-state index in [1.807, 2.05) is 0 Å². The second kappa shape index (κ2) is 5.37. The molecule has 0 saturated carbocycles. The molecule has 0 aliphatic heterocycles. The highest BCUT2D eigenvalue weighted by molar-refractivity contribution is 5.35. The summed E-state index contributed by atoms with van der Waals surface area (Å²) in [7, 11) is 0. The molecule has 96 valence electrons. The quantitative estimate of drug-likeness (QED) is 0.858. The first-order valence-electron chi connectivity index (χ1n) is 5.04. The lowest BCUT2D eigenvalue weighted by molar-refractivity contribution is -0.210. The zero-order valence-electron chi connectivity index (χ0n) is 9.24. The predicted molar refractivity (Wildman–Crippen MR) is 56.6 cm³/mol. The molecule has 1 aromatic rings. The molecular weight excluding hydrogens is 235 g/mol. The van der Waals surface area contributed by atoms with E-state index in [1.54, 1.807) is 25.1 Å². The van der Waals surface area contributed by atoms with Gasteiger partial charge in [-0.3, -0.25) is 0 Å². The first kappa shape index (κ1) is 13.8. The Kier molecular flexibility index (Phi) is 4.36. The lowest BCUT2D eigenvalue weighted by Gasteiger charge is -2.18. The zero-order valence-corrected chi connectivity index (χ0v) is 9.24. The average molecular weight is 249 g/mol. The molecule has 17 heavy (non-hydrogen) atoms. The van der Waals surface area contributed by atoms with E-state index in [4.69, 9.17) is 15.6 Å². The minimum atomic E-state index is -4.68. The molecule has 3 nitrogen and oxygen atoms in total. The minimum Gasteiger partial charge on any atom is -0.490 e. The van der Waals surface area contributed by atoms with E-state index >= 15 is 0 Å². The van der Waals surface area contributed by atoms with Gasteiger partial charge < -0.3 is 15.6 Å². The maximum atomic E-state index is 12.1. The lowest BCUT2D eigenvalue weighted by atomic mass is 10.1. The number of hydrogen-bond acceptors (Lipinski definition) is 3. The van der Waals surface area contributed by atoms with E-state index in [2.05, 4.69) is 0 Å². The van der Waals surface area contributed by atoms with Gasteiger partial charge in [-0.25, -0.2) is 0 Å². The largest absolute Gasteiger partial charge is 0.490 e. The van der Waals surface area contributed by atoms with Crippen LogP contribution in [0.2, 0.25) is 0 Å². The number of halogens is 3. The Bertz CT molecular complexity index is 366. The van der Waals surface area contributed by atoms with Gasteiger partial charge in [-0.1, -0.05) is 18.2 Å². The second-order valence-corrected chi connectivity index (χ2v) is 3.69. The molecule has 1 rings (SSSR count). The molecule has 0 aliphatic carbocycles. The Hall–Kier alpha value is -1.27. The van der Waals surface area contributed by atoms with Gasteiger partial charge in [-0.15, -0.1) is 0 Å². The van der Waals surface area contributed by atoms with Crippen LogP contribution in [-0.2, 0) is 0 Å². The van der Waals surface area contributed by atoms with Gasteiger partial charge in [0, 0.05) is 11.6 Å². The first-order chi connectivity index (χ1) is 7.82. The molecule has 0 bridgehead atoms. The summed E-state index contributed by atoms with van der Waals surface area (Å²) in [5, 5.41) is 8.80. The van der Waals surface area contributed by atoms with Crippen molar-refractivity contribution in [3.63, 3.8) is 0 Å². The predicted octanol–water partition coefficient (Wildman–Crippen LogP) is 2.01. The number of para-hydroxylation sites is 1. The number of rotatable bonds is 4. The summed E-state index contributed by atoms with van der Waals surface area (Å²) in [4.78, 5) is 0. The number of aliphatic hydroxyl groups excluding tert-OH is 1. The highest BCUT2D eigenvalue weighted by Crippen LogP contribution is 2.25. The molecule has 0 aliphatic rings. The molecular formula is C11H14F3NO2. The summed E-state index contributed by atoms with van der Waals surface area (Å²) in [5.74, 6) is 0.255. The Morgan fingerprint density at radius 1 is 1.35 bits per heavy atom. The molecule has 0 heterocycles. The van der Waals surface area contributed by atoms with Crippen molar-refractivity contribution in [2.24, 2.45) is 5.73 Å². The van der Waals surface area contributed by atoms with E-state index in [-0.39, 0.29) is 11.8 Å². The van der Waals surface area contributed by atoms with Crippen LogP contribution in [0.1, 0.15) is 18.5 Å². The van der Waals surface area contributed by atoms with Gasteiger partial charge in [-0.2, -0.15) is 13.2 Å². The smallest absolute Gasteiger partial charge is 0.417 e. The fourth-order valence-corrected chi connectivity index (χ4v) is 1.25. The van der Waals surface area contributed by atoms with Crippen LogP contribution >= 0.6 is 0 Å². The third kappa shape index (κ3) is 3.90. The summed E-state index contributed by atoms with van der Waals surface area (Å²) in [6.07, 6.45) is -7.17. The number of hydrogen-bond donors (Lipinski definition) is 2. The van der Waals surface area contributed by atoms with Crippen molar-refractivity contribution in [3.05, 3.63) is 29.8 Å². The summed E-state index contributed by atoms with van der Waals surface area (Å²) in [5.41, 5.74) is 6.24. The lowest BCUT2D eigenvalue weighted by Crippen LogP contribution is -2.34. The maximum Gasteiger partial charge on any atom is 0.417 e. The van der Waals surface area contributed by atoms with Crippen molar-refractivity contribution < 1.29 is 23.0 Å². The van der Waals surface area contributed by atoms with Crippen LogP contribution in [-0.4, -0.2) is 24.0 Å². The molecule has 2 unspecified atom stereocenters. The molecule has 0 saturated heterocycles. The van der Waals surface area contributed by atoms with Crippen LogP contribution in [0.25, 0.3) is 0 Å². The second-order valence-electron chi connectivity index (χ2n) is 3.69. The van der Waals surface area contributed by atoms with Crippen molar-refractivity contribution in [2.45, 2.75) is 25.2 Å². The van der Waals surface area contributed by atoms with Crippen molar-refractivity contribution in [2.75, 3.05) is 6.61 Å². The molecule has 0 amide bonds. The number of alkyl halides is 3. The Morgan fingerprint density at radius 2 is 1.94 bits per heavy atom. The molecule has 3 N–H and O–H groups in total. The highest BCUT2D eigenvalue weighted by atomic mass is 19.4. The van der Waals surface area contributed by atoms with Crippen LogP contribution in [0.5, 0.6) is 5.75 Å². The van der Waals surface area contributed by atoms with Gasteiger partial charge in [0.15, 0.2) is 6.10 Å². The summed E-state index contributed by atoms with van der Waals surface area (Å²) in [6.45, 7) is 0.857. The van der Waals surface area contributed by atoms with Gasteiger partial charge >= 0.3 is 6.18 Å². The number of ether oxygens (including phenoxy) is 1. The summed E-state index contributed by atoms with van der Waals surface area (Å²) in [6, 6.07) is 6.17. The number of nitrogens with two attached hydrogens (primary N) is 1. The molecule has 2 atom stereocenters. The van der Waals surface area contributed by atoms with E-state index in [9.17, 15) is 13.2 Å². The van der Waals surface area contributed by atoms with Crippen LogP contribution in [0.4, 0.5) is 13.2 Å². The van der Waals surface area contributed by atoms with Gasteiger partial charge in [0.2, 0.25) is 0 Å². The Balaban J connectivity index is 2.70. The van der Waals surface area contributed by atoms with E-state index in [0.717, 1.165) is 0 Å². The Labute approximate surface area is 97.0 Å². The van der Waals surface area contributed by atoms with Crippen LogP contribution in [0, 0.1) is 0 Å².